The van der Waals surface area contributed by atoms with Gasteiger partial charge >= 0.3 is 0 Å². The van der Waals surface area contributed by atoms with Crippen molar-refractivity contribution >= 4 is 22.7 Å². The SMILES string of the molecule is C=CCN(CC=Cc1ccccc1C(=O)c1ncncn1)[SH](=O)=O. The third kappa shape index (κ3) is 4.64. The van der Waals surface area contributed by atoms with E-state index in [0.717, 1.165) is 0 Å². The maximum absolute atomic E-state index is 12.5. The highest BCUT2D eigenvalue weighted by molar-refractivity contribution is 7.69. The number of rotatable bonds is 8. The summed E-state index contributed by atoms with van der Waals surface area (Å²) in [6.45, 7) is 3.95. The summed E-state index contributed by atoms with van der Waals surface area (Å²) in [7, 11) is -2.69. The van der Waals surface area contributed by atoms with E-state index in [1.54, 1.807) is 36.4 Å². The molecule has 2 rings (SSSR count). The van der Waals surface area contributed by atoms with Crippen LogP contribution in [0, 0.1) is 0 Å². The van der Waals surface area contributed by atoms with Crippen LogP contribution in [0.15, 0.2) is 55.7 Å². The van der Waals surface area contributed by atoms with Crippen molar-refractivity contribution in [3.63, 3.8) is 0 Å². The number of thiol groups is 1. The third-order valence-electron chi connectivity index (χ3n) is 3.09. The molecule has 2 aromatic rings. The Bertz CT molecular complexity index is 811. The predicted molar refractivity (Wildman–Crippen MR) is 90.8 cm³/mol. The van der Waals surface area contributed by atoms with Gasteiger partial charge in [-0.2, -0.15) is 4.31 Å². The van der Waals surface area contributed by atoms with Crippen LogP contribution in [0.4, 0.5) is 0 Å². The van der Waals surface area contributed by atoms with Crippen molar-refractivity contribution < 1.29 is 13.2 Å². The average Bonchev–Trinajstić information content (AvgIpc) is 2.61. The molecular weight excluding hydrogens is 328 g/mol. The third-order valence-corrected chi connectivity index (χ3v) is 3.87. The minimum absolute atomic E-state index is 0.0572. The summed E-state index contributed by atoms with van der Waals surface area (Å²) in [6.07, 6.45) is 7.40. The second kappa shape index (κ2) is 8.80. The molecular formula is C16H16N4O3S. The Hall–Kier alpha value is -2.71. The molecule has 0 amide bonds. The zero-order valence-electron chi connectivity index (χ0n) is 12.8. The number of nitrogens with zero attached hydrogens (tertiary/aromatic N) is 4. The van der Waals surface area contributed by atoms with Crippen molar-refractivity contribution in [1.82, 2.24) is 19.3 Å². The van der Waals surface area contributed by atoms with Crippen LogP contribution in [-0.2, 0) is 10.9 Å². The van der Waals surface area contributed by atoms with E-state index in [1.165, 1.54) is 23.0 Å². The van der Waals surface area contributed by atoms with Crippen LogP contribution in [0.5, 0.6) is 0 Å². The van der Waals surface area contributed by atoms with Crippen LogP contribution in [-0.4, -0.2) is 46.5 Å². The van der Waals surface area contributed by atoms with Gasteiger partial charge in [0.2, 0.25) is 22.5 Å². The zero-order valence-corrected chi connectivity index (χ0v) is 13.7. The number of hydrogen-bond acceptors (Lipinski definition) is 6. The van der Waals surface area contributed by atoms with Crippen LogP contribution in [0.3, 0.4) is 0 Å². The highest BCUT2D eigenvalue weighted by Crippen LogP contribution is 2.14. The van der Waals surface area contributed by atoms with E-state index in [2.05, 4.69) is 21.5 Å². The minimum Gasteiger partial charge on any atom is -0.285 e. The Morgan fingerprint density at radius 3 is 2.54 bits per heavy atom. The monoisotopic (exact) mass is 344 g/mol. The van der Waals surface area contributed by atoms with Gasteiger partial charge in [-0.25, -0.2) is 23.4 Å². The van der Waals surface area contributed by atoms with Gasteiger partial charge in [0.15, 0.2) is 0 Å². The lowest BCUT2D eigenvalue weighted by Gasteiger charge is -2.09. The molecule has 1 aromatic heterocycles. The minimum atomic E-state index is -2.69. The first kappa shape index (κ1) is 17.6. The van der Waals surface area contributed by atoms with Gasteiger partial charge in [0.05, 0.1) is 0 Å². The molecule has 0 aliphatic carbocycles. The van der Waals surface area contributed by atoms with E-state index in [4.69, 9.17) is 0 Å². The Balaban J connectivity index is 2.21. The Morgan fingerprint density at radius 2 is 1.88 bits per heavy atom. The van der Waals surface area contributed by atoms with E-state index in [-0.39, 0.29) is 24.7 Å². The summed E-state index contributed by atoms with van der Waals surface area (Å²) in [4.78, 5) is 23.9. The van der Waals surface area contributed by atoms with E-state index >= 15 is 0 Å². The van der Waals surface area contributed by atoms with Gasteiger partial charge in [0, 0.05) is 18.7 Å². The summed E-state index contributed by atoms with van der Waals surface area (Å²) in [6, 6.07) is 6.96. The number of hydrogen-bond donors (Lipinski definition) is 1. The summed E-state index contributed by atoms with van der Waals surface area (Å²) >= 11 is 0. The number of benzene rings is 1. The van der Waals surface area contributed by atoms with Crippen molar-refractivity contribution in [2.45, 2.75) is 0 Å². The van der Waals surface area contributed by atoms with Gasteiger partial charge in [-0.15, -0.1) is 6.58 Å². The molecule has 124 valence electrons. The lowest BCUT2D eigenvalue weighted by atomic mass is 10.0. The molecule has 0 unspecified atom stereocenters. The molecule has 0 saturated heterocycles. The molecule has 1 aromatic carbocycles. The molecule has 0 aliphatic rings. The van der Waals surface area contributed by atoms with Crippen molar-refractivity contribution in [3.05, 3.63) is 72.6 Å². The highest BCUT2D eigenvalue weighted by atomic mass is 32.2. The van der Waals surface area contributed by atoms with Crippen molar-refractivity contribution in [2.75, 3.05) is 13.1 Å². The molecule has 7 nitrogen and oxygen atoms in total. The van der Waals surface area contributed by atoms with Gasteiger partial charge in [-0.3, -0.25) is 4.79 Å². The first-order valence-corrected chi connectivity index (χ1v) is 8.19. The maximum Gasteiger partial charge on any atom is 0.230 e. The summed E-state index contributed by atoms with van der Waals surface area (Å²) in [5.41, 5.74) is 1.09. The fourth-order valence-electron chi connectivity index (χ4n) is 1.98. The maximum atomic E-state index is 12.5. The zero-order chi connectivity index (χ0) is 17.4. The average molecular weight is 344 g/mol. The molecule has 0 saturated carbocycles. The molecule has 0 fully saturated rings. The Kier molecular flexibility index (Phi) is 6.47. The topological polar surface area (TPSA) is 93.1 Å². The molecule has 0 bridgehead atoms. The summed E-state index contributed by atoms with van der Waals surface area (Å²) in [5, 5.41) is 0. The van der Waals surface area contributed by atoms with Gasteiger partial charge in [0.1, 0.15) is 12.7 Å². The second-order valence-corrected chi connectivity index (χ2v) is 5.72. The van der Waals surface area contributed by atoms with E-state index < -0.39 is 10.9 Å². The van der Waals surface area contributed by atoms with Crippen LogP contribution in [0.2, 0.25) is 0 Å². The molecule has 0 radical (unpaired) electrons. The van der Waals surface area contributed by atoms with Gasteiger partial charge in [-0.05, 0) is 5.56 Å². The van der Waals surface area contributed by atoms with Crippen molar-refractivity contribution in [3.8, 4) is 0 Å². The number of ketones is 1. The lowest BCUT2D eigenvalue weighted by molar-refractivity contribution is 0.102. The van der Waals surface area contributed by atoms with Gasteiger partial charge < -0.3 is 0 Å². The Morgan fingerprint density at radius 1 is 1.17 bits per heavy atom. The van der Waals surface area contributed by atoms with E-state index in [1.807, 2.05) is 0 Å². The molecule has 24 heavy (non-hydrogen) atoms. The second-order valence-electron chi connectivity index (χ2n) is 4.68. The lowest BCUT2D eigenvalue weighted by Crippen LogP contribution is -2.21. The molecule has 0 spiro atoms. The smallest absolute Gasteiger partial charge is 0.230 e. The molecule has 0 N–H and O–H groups in total. The first-order chi connectivity index (χ1) is 11.6. The molecule has 1 heterocycles. The van der Waals surface area contributed by atoms with Gasteiger partial charge in [-0.1, -0.05) is 42.5 Å². The number of carbonyl (C=O) groups is 1. The largest absolute Gasteiger partial charge is 0.285 e. The fourth-order valence-corrected chi connectivity index (χ4v) is 2.46. The summed E-state index contributed by atoms with van der Waals surface area (Å²) < 4.78 is 23.4. The first-order valence-electron chi connectivity index (χ1n) is 7.06. The van der Waals surface area contributed by atoms with Crippen LogP contribution >= 0.6 is 0 Å². The number of carbonyl (C=O) groups excluding carboxylic acids is 1. The predicted octanol–water partition coefficient (Wildman–Crippen LogP) is 1.13. The highest BCUT2D eigenvalue weighted by Gasteiger charge is 2.14. The number of aromatic nitrogens is 3. The van der Waals surface area contributed by atoms with Crippen LogP contribution < -0.4 is 0 Å². The van der Waals surface area contributed by atoms with Gasteiger partial charge in [0.25, 0.3) is 0 Å². The van der Waals surface area contributed by atoms with Crippen LogP contribution in [0.25, 0.3) is 6.08 Å². The van der Waals surface area contributed by atoms with Crippen molar-refractivity contribution in [1.29, 1.82) is 0 Å². The Labute approximate surface area is 141 Å². The molecule has 8 heteroatoms. The molecule has 0 atom stereocenters. The van der Waals surface area contributed by atoms with E-state index in [9.17, 15) is 13.2 Å². The normalized spacial score (nSPS) is 11.2. The van der Waals surface area contributed by atoms with Crippen LogP contribution in [0.1, 0.15) is 21.7 Å². The van der Waals surface area contributed by atoms with E-state index in [0.29, 0.717) is 11.1 Å². The fraction of sp³-hybridized carbons (Fsp3) is 0.125. The quantitative estimate of drug-likeness (QED) is 0.438. The van der Waals surface area contributed by atoms with Crippen molar-refractivity contribution in [2.24, 2.45) is 0 Å². The summed E-state index contributed by atoms with van der Waals surface area (Å²) in [5.74, 6) is -0.266. The standard InChI is InChI=1S/C16H16N4O3S/c1-2-9-20(24(22)23)10-5-7-13-6-3-4-8-14(13)15(21)16-18-11-17-12-19-16/h2-8,11-12,24H,1,9-10H2. The molecule has 0 aliphatic heterocycles.